The molecule has 0 aliphatic carbocycles. The van der Waals surface area contributed by atoms with Crippen LogP contribution >= 0.6 is 0 Å². The molecule has 3 aromatic rings. The lowest BCUT2D eigenvalue weighted by molar-refractivity contribution is -0.892. The summed E-state index contributed by atoms with van der Waals surface area (Å²) < 4.78 is 16.3. The van der Waals surface area contributed by atoms with E-state index in [1.54, 1.807) is 18.2 Å². The number of halogens is 1. The number of ketones is 1. The van der Waals surface area contributed by atoms with Crippen LogP contribution in [0.3, 0.4) is 0 Å². The number of nitrogens with one attached hydrogen (secondary N) is 1. The molecule has 0 unspecified atom stereocenters. The van der Waals surface area contributed by atoms with Crippen molar-refractivity contribution in [3.63, 3.8) is 0 Å². The number of para-hydroxylation sites is 1. The van der Waals surface area contributed by atoms with E-state index in [-0.39, 0.29) is 30.3 Å². The van der Waals surface area contributed by atoms with E-state index in [1.807, 2.05) is 35.2 Å². The Bertz CT molecular complexity index is 1280. The number of nitrogen functional groups attached to an aromatic ring is 1. The van der Waals surface area contributed by atoms with Crippen molar-refractivity contribution in [1.29, 1.82) is 0 Å². The molecule has 2 heterocycles. The zero-order chi connectivity index (χ0) is 23.5. The van der Waals surface area contributed by atoms with Crippen molar-refractivity contribution in [2.24, 2.45) is 7.05 Å². The van der Waals surface area contributed by atoms with Crippen LogP contribution in [0.5, 0.6) is 0 Å². The number of hydrogen-bond donors (Lipinski definition) is 2. The fraction of sp³-hybridized carbons (Fsp3) is 0.292. The molecule has 0 spiro atoms. The van der Waals surface area contributed by atoms with Gasteiger partial charge in [0.25, 0.3) is 5.56 Å². The smallest absolute Gasteiger partial charge is 0.332 e. The molecule has 172 valence electrons. The molecular formula is C24H27FN5O3+. The number of carbonyl (C=O) groups is 1. The van der Waals surface area contributed by atoms with Crippen molar-refractivity contribution in [1.82, 2.24) is 9.13 Å². The van der Waals surface area contributed by atoms with Gasteiger partial charge in [-0.05, 0) is 17.7 Å². The van der Waals surface area contributed by atoms with Gasteiger partial charge in [0.1, 0.15) is 23.7 Å². The fourth-order valence-electron chi connectivity index (χ4n) is 4.23. The molecule has 1 aliphatic rings. The van der Waals surface area contributed by atoms with Crippen molar-refractivity contribution in [3.8, 4) is 0 Å². The maximum atomic E-state index is 14.1. The van der Waals surface area contributed by atoms with E-state index >= 15 is 0 Å². The summed E-state index contributed by atoms with van der Waals surface area (Å²) in [5.74, 6) is -0.778. The number of nitrogens with zero attached hydrogens (tertiary/aromatic N) is 3. The monoisotopic (exact) mass is 452 g/mol. The zero-order valence-electron chi connectivity index (χ0n) is 18.5. The highest BCUT2D eigenvalue weighted by Crippen LogP contribution is 2.18. The van der Waals surface area contributed by atoms with E-state index < -0.39 is 17.0 Å². The van der Waals surface area contributed by atoms with E-state index in [4.69, 9.17) is 5.73 Å². The third-order valence-corrected chi connectivity index (χ3v) is 6.12. The first-order valence-electron chi connectivity index (χ1n) is 10.9. The maximum Gasteiger partial charge on any atom is 0.332 e. The number of piperazine rings is 1. The van der Waals surface area contributed by atoms with Crippen molar-refractivity contribution >= 4 is 17.3 Å². The summed E-state index contributed by atoms with van der Waals surface area (Å²) in [6, 6.07) is 15.9. The lowest BCUT2D eigenvalue weighted by Crippen LogP contribution is -3.15. The van der Waals surface area contributed by atoms with Crippen molar-refractivity contribution < 1.29 is 14.1 Å². The number of benzene rings is 2. The Morgan fingerprint density at radius 2 is 1.67 bits per heavy atom. The van der Waals surface area contributed by atoms with E-state index in [9.17, 15) is 18.8 Å². The first kappa shape index (κ1) is 22.5. The SMILES string of the molecule is Cn1c(=O)c(C(=O)C[NH+]2CCN(c3ccccc3F)CC2)c(N)n(Cc2ccccc2)c1=O. The summed E-state index contributed by atoms with van der Waals surface area (Å²) in [6.07, 6.45) is 0. The Morgan fingerprint density at radius 3 is 2.33 bits per heavy atom. The number of Topliss-reactive ketones (excluding diaryl/α,β-unsaturated/α-hetero) is 1. The first-order valence-corrected chi connectivity index (χ1v) is 10.9. The van der Waals surface area contributed by atoms with Crippen LogP contribution in [-0.2, 0) is 13.6 Å². The maximum absolute atomic E-state index is 14.1. The topological polar surface area (TPSA) is 94.8 Å². The fourth-order valence-corrected chi connectivity index (χ4v) is 4.23. The summed E-state index contributed by atoms with van der Waals surface area (Å²) in [5.41, 5.74) is 6.17. The largest absolute Gasteiger partial charge is 0.384 e. The minimum Gasteiger partial charge on any atom is -0.384 e. The van der Waals surface area contributed by atoms with E-state index in [2.05, 4.69) is 0 Å². The van der Waals surface area contributed by atoms with Gasteiger partial charge in [-0.3, -0.25) is 18.7 Å². The highest BCUT2D eigenvalue weighted by Gasteiger charge is 2.28. The van der Waals surface area contributed by atoms with Crippen LogP contribution in [-0.4, -0.2) is 47.6 Å². The summed E-state index contributed by atoms with van der Waals surface area (Å²) in [7, 11) is 1.35. The number of anilines is 2. The second-order valence-electron chi connectivity index (χ2n) is 8.27. The van der Waals surface area contributed by atoms with Crippen LogP contribution in [0.25, 0.3) is 0 Å². The van der Waals surface area contributed by atoms with E-state index in [1.165, 1.54) is 17.7 Å². The van der Waals surface area contributed by atoms with Gasteiger partial charge in [0.05, 0.1) is 38.4 Å². The Kier molecular flexibility index (Phi) is 6.41. The van der Waals surface area contributed by atoms with Crippen molar-refractivity contribution in [2.75, 3.05) is 43.4 Å². The molecule has 8 nitrogen and oxygen atoms in total. The van der Waals surface area contributed by atoms with Gasteiger partial charge in [-0.1, -0.05) is 42.5 Å². The molecule has 1 aromatic heterocycles. The van der Waals surface area contributed by atoms with Crippen LogP contribution in [0.15, 0.2) is 64.2 Å². The second kappa shape index (κ2) is 9.41. The molecule has 1 fully saturated rings. The summed E-state index contributed by atoms with van der Waals surface area (Å²) in [6.45, 7) is 2.64. The van der Waals surface area contributed by atoms with Crippen LogP contribution in [0.2, 0.25) is 0 Å². The molecule has 1 aliphatic heterocycles. The van der Waals surface area contributed by atoms with Crippen molar-refractivity contribution in [3.05, 3.63) is 92.4 Å². The minimum absolute atomic E-state index is 0.0775. The Balaban J connectivity index is 1.52. The summed E-state index contributed by atoms with van der Waals surface area (Å²) >= 11 is 0. The van der Waals surface area contributed by atoms with Gasteiger partial charge >= 0.3 is 5.69 Å². The Labute approximate surface area is 190 Å². The quantitative estimate of drug-likeness (QED) is 0.510. The highest BCUT2D eigenvalue weighted by molar-refractivity contribution is 6.00. The summed E-state index contributed by atoms with van der Waals surface area (Å²) in [4.78, 5) is 41.5. The number of quaternary nitrogens is 1. The molecule has 2 aromatic carbocycles. The average molecular weight is 453 g/mol. The lowest BCUT2D eigenvalue weighted by Gasteiger charge is -2.33. The predicted molar refractivity (Wildman–Crippen MR) is 124 cm³/mol. The summed E-state index contributed by atoms with van der Waals surface area (Å²) in [5, 5.41) is 0. The molecule has 0 bridgehead atoms. The highest BCUT2D eigenvalue weighted by atomic mass is 19.1. The van der Waals surface area contributed by atoms with Crippen LogP contribution in [0.4, 0.5) is 15.9 Å². The Morgan fingerprint density at radius 1 is 1.03 bits per heavy atom. The molecule has 33 heavy (non-hydrogen) atoms. The normalized spacial score (nSPS) is 14.4. The predicted octanol–water partition coefficient (Wildman–Crippen LogP) is -0.0956. The van der Waals surface area contributed by atoms with Gasteiger partial charge in [0.15, 0.2) is 0 Å². The van der Waals surface area contributed by atoms with Gasteiger partial charge in [-0.15, -0.1) is 0 Å². The minimum atomic E-state index is -0.684. The molecule has 3 N–H and O–H groups in total. The molecule has 0 radical (unpaired) electrons. The molecule has 0 amide bonds. The molecular weight excluding hydrogens is 425 g/mol. The van der Waals surface area contributed by atoms with Crippen LogP contribution in [0.1, 0.15) is 15.9 Å². The Hall–Kier alpha value is -3.72. The number of rotatable bonds is 6. The third kappa shape index (κ3) is 4.58. The van der Waals surface area contributed by atoms with Gasteiger partial charge in [-0.2, -0.15) is 0 Å². The molecule has 1 saturated heterocycles. The van der Waals surface area contributed by atoms with Gasteiger partial charge in [0.2, 0.25) is 5.78 Å². The molecule has 0 atom stereocenters. The molecule has 9 heteroatoms. The van der Waals surface area contributed by atoms with Gasteiger partial charge in [0, 0.05) is 7.05 Å². The standard InChI is InChI=1S/C24H26FN5O3/c1-27-23(32)21(22(26)30(24(27)33)15-17-7-3-2-4-8-17)20(31)16-28-11-13-29(14-12-28)19-10-6-5-9-18(19)25/h2-10H,11-16,26H2,1H3/p+1. The van der Waals surface area contributed by atoms with Gasteiger partial charge < -0.3 is 15.5 Å². The third-order valence-electron chi connectivity index (χ3n) is 6.12. The number of nitrogens with two attached hydrogens (primary N) is 1. The van der Waals surface area contributed by atoms with Crippen molar-refractivity contribution in [2.45, 2.75) is 6.54 Å². The van der Waals surface area contributed by atoms with Gasteiger partial charge in [-0.25, -0.2) is 9.18 Å². The molecule has 4 rings (SSSR count). The first-order chi connectivity index (χ1) is 15.9. The second-order valence-corrected chi connectivity index (χ2v) is 8.27. The molecule has 0 saturated carbocycles. The van der Waals surface area contributed by atoms with Crippen LogP contribution in [0, 0.1) is 5.82 Å². The van der Waals surface area contributed by atoms with E-state index in [0.29, 0.717) is 31.9 Å². The number of aromatic nitrogens is 2. The van der Waals surface area contributed by atoms with Crippen LogP contribution < -0.4 is 26.8 Å². The average Bonchev–Trinajstić information content (AvgIpc) is 2.82. The number of hydrogen-bond acceptors (Lipinski definition) is 5. The van der Waals surface area contributed by atoms with E-state index in [0.717, 1.165) is 15.0 Å². The zero-order valence-corrected chi connectivity index (χ0v) is 18.5. The lowest BCUT2D eigenvalue weighted by atomic mass is 10.1. The number of carbonyl (C=O) groups excluding carboxylic acids is 1.